The van der Waals surface area contributed by atoms with Crippen molar-refractivity contribution in [2.75, 3.05) is 52.7 Å². The number of unbranched alkanes of at least 4 members (excludes halogenated alkanes) is 18. The standard InChI is InChI=1S/C51H95NO9/c1-6-10-14-18-22-32-48(54)58-41-46(42-59-49(55)33-23-19-15-11-7-2)30-26-28-37-52(39-36-45(5)40-53)38-29-27-31-47(43-60-50(56)34-24-20-16-12-8-3)44-61-51(57)35-25-21-17-13-9-4/h46-47,53H,5-44H2,1-4H3. The number of carbonyl (C=O) groups is 4. The molecule has 0 aromatic rings. The van der Waals surface area contributed by atoms with Gasteiger partial charge < -0.3 is 29.0 Å². The number of esters is 4. The second-order valence-electron chi connectivity index (χ2n) is 17.6. The third kappa shape index (κ3) is 40.1. The maximum atomic E-state index is 12.5. The van der Waals surface area contributed by atoms with Gasteiger partial charge in [-0.1, -0.05) is 155 Å². The van der Waals surface area contributed by atoms with Crippen molar-refractivity contribution in [2.45, 2.75) is 227 Å². The number of rotatable bonds is 46. The molecule has 0 aliphatic heterocycles. The van der Waals surface area contributed by atoms with Gasteiger partial charge in [-0.15, -0.1) is 0 Å². The molecule has 0 spiro atoms. The molecule has 0 bridgehead atoms. The number of carbonyl (C=O) groups excluding carboxylic acids is 4. The van der Waals surface area contributed by atoms with Gasteiger partial charge in [0.05, 0.1) is 33.0 Å². The number of ether oxygens (including phenoxy) is 4. The van der Waals surface area contributed by atoms with Crippen LogP contribution in [0.3, 0.4) is 0 Å². The Bertz CT molecular complexity index is 935. The fourth-order valence-electron chi connectivity index (χ4n) is 7.32. The van der Waals surface area contributed by atoms with Gasteiger partial charge in [-0.2, -0.15) is 0 Å². The lowest BCUT2D eigenvalue weighted by Crippen LogP contribution is -2.28. The van der Waals surface area contributed by atoms with E-state index < -0.39 is 0 Å². The zero-order valence-electron chi connectivity index (χ0n) is 40.1. The normalized spacial score (nSPS) is 11.4. The molecule has 0 saturated heterocycles. The number of hydrogen-bond acceptors (Lipinski definition) is 10. The zero-order valence-corrected chi connectivity index (χ0v) is 40.1. The summed E-state index contributed by atoms with van der Waals surface area (Å²) >= 11 is 0. The molecule has 1 N–H and O–H groups in total. The monoisotopic (exact) mass is 866 g/mol. The summed E-state index contributed by atoms with van der Waals surface area (Å²) in [5, 5.41) is 9.62. The highest BCUT2D eigenvalue weighted by Crippen LogP contribution is 2.17. The molecule has 0 unspecified atom stereocenters. The van der Waals surface area contributed by atoms with E-state index in [-0.39, 0.29) is 68.7 Å². The van der Waals surface area contributed by atoms with Crippen molar-refractivity contribution in [1.82, 2.24) is 4.90 Å². The van der Waals surface area contributed by atoms with Crippen LogP contribution in [0.2, 0.25) is 0 Å². The molecule has 10 heteroatoms. The van der Waals surface area contributed by atoms with Crippen molar-refractivity contribution >= 4 is 23.9 Å². The van der Waals surface area contributed by atoms with Crippen LogP contribution in [-0.2, 0) is 38.1 Å². The topological polar surface area (TPSA) is 129 Å². The molecule has 0 rings (SSSR count). The first-order chi connectivity index (χ1) is 29.7. The van der Waals surface area contributed by atoms with Crippen LogP contribution in [0.1, 0.15) is 227 Å². The molecular formula is C51H95NO9. The smallest absolute Gasteiger partial charge is 0.305 e. The maximum absolute atomic E-state index is 12.5. The van der Waals surface area contributed by atoms with Gasteiger partial charge in [-0.05, 0) is 70.9 Å². The van der Waals surface area contributed by atoms with E-state index in [0.29, 0.717) is 32.1 Å². The van der Waals surface area contributed by atoms with Crippen LogP contribution in [0.4, 0.5) is 0 Å². The Labute approximate surface area is 374 Å². The minimum atomic E-state index is -0.173. The molecule has 0 aromatic carbocycles. The van der Waals surface area contributed by atoms with E-state index in [0.717, 1.165) is 141 Å². The highest BCUT2D eigenvalue weighted by atomic mass is 16.6. The second-order valence-corrected chi connectivity index (χ2v) is 17.6. The number of aliphatic hydroxyl groups excluding tert-OH is 1. The van der Waals surface area contributed by atoms with Crippen LogP contribution in [0.25, 0.3) is 0 Å². The third-order valence-corrected chi connectivity index (χ3v) is 11.5. The number of aliphatic hydroxyl groups is 1. The molecule has 0 heterocycles. The van der Waals surface area contributed by atoms with Crippen molar-refractivity contribution in [3.63, 3.8) is 0 Å². The Morgan fingerprint density at radius 1 is 0.410 bits per heavy atom. The Kier molecular flexibility index (Phi) is 42.4. The number of nitrogens with zero attached hydrogens (tertiary/aromatic N) is 1. The summed E-state index contributed by atoms with van der Waals surface area (Å²) in [6, 6.07) is 0. The molecule has 358 valence electrons. The highest BCUT2D eigenvalue weighted by molar-refractivity contribution is 5.70. The van der Waals surface area contributed by atoms with Gasteiger partial charge in [0.15, 0.2) is 0 Å². The van der Waals surface area contributed by atoms with E-state index >= 15 is 0 Å². The Balaban J connectivity index is 5.22. The lowest BCUT2D eigenvalue weighted by molar-refractivity contribution is -0.151. The fourth-order valence-corrected chi connectivity index (χ4v) is 7.32. The first-order valence-corrected chi connectivity index (χ1v) is 25.3. The highest BCUT2D eigenvalue weighted by Gasteiger charge is 2.18. The summed E-state index contributed by atoms with van der Waals surface area (Å²) in [7, 11) is 0. The minimum Gasteiger partial charge on any atom is -0.465 e. The van der Waals surface area contributed by atoms with E-state index in [9.17, 15) is 24.3 Å². The van der Waals surface area contributed by atoms with E-state index in [2.05, 4.69) is 39.2 Å². The second kappa shape index (κ2) is 44.2. The molecule has 0 saturated carbocycles. The van der Waals surface area contributed by atoms with Crippen LogP contribution in [0.5, 0.6) is 0 Å². The molecule has 0 aliphatic rings. The Morgan fingerprint density at radius 2 is 0.705 bits per heavy atom. The van der Waals surface area contributed by atoms with Gasteiger partial charge in [0.1, 0.15) is 0 Å². The third-order valence-electron chi connectivity index (χ3n) is 11.5. The summed E-state index contributed by atoms with van der Waals surface area (Å²) < 4.78 is 22.8. The van der Waals surface area contributed by atoms with Crippen LogP contribution in [-0.4, -0.2) is 86.6 Å². The molecular weight excluding hydrogens is 771 g/mol. The van der Waals surface area contributed by atoms with Crippen LogP contribution < -0.4 is 0 Å². The van der Waals surface area contributed by atoms with Gasteiger partial charge in [-0.3, -0.25) is 19.2 Å². The Hall–Kier alpha value is -2.46. The average molecular weight is 866 g/mol. The largest absolute Gasteiger partial charge is 0.465 e. The quantitative estimate of drug-likeness (QED) is 0.0273. The average Bonchev–Trinajstić information content (AvgIpc) is 3.25. The molecule has 0 aliphatic carbocycles. The maximum Gasteiger partial charge on any atom is 0.305 e. The van der Waals surface area contributed by atoms with Gasteiger partial charge in [0.25, 0.3) is 0 Å². The molecule has 0 atom stereocenters. The van der Waals surface area contributed by atoms with E-state index in [1.807, 2.05) is 0 Å². The van der Waals surface area contributed by atoms with Crippen molar-refractivity contribution in [3.8, 4) is 0 Å². The summed E-state index contributed by atoms with van der Waals surface area (Å²) in [4.78, 5) is 52.6. The summed E-state index contributed by atoms with van der Waals surface area (Å²) in [6.45, 7) is 16.3. The lowest BCUT2D eigenvalue weighted by Gasteiger charge is -2.24. The minimum absolute atomic E-state index is 0.0267. The lowest BCUT2D eigenvalue weighted by atomic mass is 10.0. The Morgan fingerprint density at radius 3 is 0.984 bits per heavy atom. The summed E-state index contributed by atoms with van der Waals surface area (Å²) in [6.07, 6.45) is 29.2. The van der Waals surface area contributed by atoms with Crippen molar-refractivity contribution in [1.29, 1.82) is 0 Å². The predicted molar refractivity (Wildman–Crippen MR) is 249 cm³/mol. The molecule has 0 fully saturated rings. The van der Waals surface area contributed by atoms with Crippen LogP contribution in [0, 0.1) is 11.8 Å². The SMILES string of the molecule is C=C(CO)CCN(CCCCC(COC(=O)CCCCCCC)COC(=O)CCCCCCC)CCCCC(COC(=O)CCCCCCC)COC(=O)CCCCCCC. The number of hydrogen-bond donors (Lipinski definition) is 1. The molecule has 61 heavy (non-hydrogen) atoms. The van der Waals surface area contributed by atoms with Gasteiger partial charge in [0.2, 0.25) is 0 Å². The van der Waals surface area contributed by atoms with Crippen molar-refractivity contribution in [2.24, 2.45) is 11.8 Å². The van der Waals surface area contributed by atoms with Gasteiger partial charge in [-0.25, -0.2) is 0 Å². The van der Waals surface area contributed by atoms with Crippen LogP contribution in [0.15, 0.2) is 12.2 Å². The molecule has 10 nitrogen and oxygen atoms in total. The zero-order chi connectivity index (χ0) is 45.0. The first kappa shape index (κ1) is 58.5. The summed E-state index contributed by atoms with van der Waals surface area (Å²) in [5.41, 5.74) is 0.809. The van der Waals surface area contributed by atoms with Crippen molar-refractivity contribution in [3.05, 3.63) is 12.2 Å². The van der Waals surface area contributed by atoms with Gasteiger partial charge >= 0.3 is 23.9 Å². The van der Waals surface area contributed by atoms with Crippen molar-refractivity contribution < 1.29 is 43.2 Å². The summed E-state index contributed by atoms with van der Waals surface area (Å²) in [5.74, 6) is -0.779. The molecule has 0 aromatic heterocycles. The van der Waals surface area contributed by atoms with E-state index in [1.54, 1.807) is 0 Å². The first-order valence-electron chi connectivity index (χ1n) is 25.3. The fraction of sp³-hybridized carbons (Fsp3) is 0.882. The van der Waals surface area contributed by atoms with Gasteiger partial charge in [0, 0.05) is 44.1 Å². The van der Waals surface area contributed by atoms with E-state index in [1.165, 1.54) is 51.4 Å². The van der Waals surface area contributed by atoms with Crippen LogP contribution >= 0.6 is 0 Å². The van der Waals surface area contributed by atoms with E-state index in [4.69, 9.17) is 18.9 Å². The predicted octanol–water partition coefficient (Wildman–Crippen LogP) is 12.4. The molecule has 0 amide bonds. The molecule has 0 radical (unpaired) electrons.